The maximum Gasteiger partial charge on any atom is 0.425 e. The Hall–Kier alpha value is -2.03. The largest absolute Gasteiger partial charge is 0.425 e. The molecule has 0 fully saturated rings. The number of benzene rings is 1. The van der Waals surface area contributed by atoms with Crippen molar-refractivity contribution >= 4 is 11.6 Å². The van der Waals surface area contributed by atoms with Gasteiger partial charge in [0.25, 0.3) is 0 Å². The van der Waals surface area contributed by atoms with Crippen LogP contribution >= 0.6 is 0 Å². The first-order valence-corrected chi connectivity index (χ1v) is 7.75. The Morgan fingerprint density at radius 1 is 1.04 bits per heavy atom. The van der Waals surface area contributed by atoms with Crippen molar-refractivity contribution in [2.75, 3.05) is 5.73 Å². The number of rotatable bonds is 1. The maximum absolute atomic E-state index is 12.5. The lowest BCUT2D eigenvalue weighted by atomic mass is 10.1. The van der Waals surface area contributed by atoms with Gasteiger partial charge in [-0.2, -0.15) is 0 Å². The zero-order valence-corrected chi connectivity index (χ0v) is 13.7. The van der Waals surface area contributed by atoms with Gasteiger partial charge in [-0.15, -0.1) is 14.8 Å². The average molecular weight is 341 g/mol. The third kappa shape index (κ3) is 5.59. The number of aryl methyl sites for hydroxylation is 2. The lowest BCUT2D eigenvalue weighted by molar-refractivity contribution is -2.00. The molecule has 0 saturated carbocycles. The molecular weight excluding hydrogens is 324 g/mol. The van der Waals surface area contributed by atoms with E-state index in [2.05, 4.69) is 0 Å². The van der Waals surface area contributed by atoms with Gasteiger partial charge in [0, 0.05) is 19.9 Å². The Morgan fingerprint density at radius 3 is 2.00 bits per heavy atom. The summed E-state index contributed by atoms with van der Waals surface area (Å²) in [5.41, 5.74) is 10.0. The molecule has 0 bridgehead atoms. The van der Waals surface area contributed by atoms with Crippen LogP contribution in [0.1, 0.15) is 27.3 Å². The van der Waals surface area contributed by atoms with Crippen molar-refractivity contribution in [1.82, 2.24) is 0 Å². The van der Waals surface area contributed by atoms with Crippen LogP contribution in [0.3, 0.4) is 0 Å². The summed E-state index contributed by atoms with van der Waals surface area (Å²) in [6, 6.07) is 11.2. The molecule has 1 heterocycles. The second kappa shape index (κ2) is 7.49. The topological polar surface area (TPSA) is 139 Å². The molecule has 23 heavy (non-hydrogen) atoms. The number of aromatic nitrogens is 1. The summed E-state index contributed by atoms with van der Waals surface area (Å²) in [6.07, 6.45) is 0. The molecule has 1 aromatic carbocycles. The Morgan fingerprint density at radius 2 is 1.52 bits per heavy atom. The van der Waals surface area contributed by atoms with Gasteiger partial charge in [-0.3, -0.25) is 0 Å². The van der Waals surface area contributed by atoms with Crippen molar-refractivity contribution in [3.05, 3.63) is 58.9 Å². The van der Waals surface area contributed by atoms with E-state index in [9.17, 15) is 4.79 Å². The summed E-state index contributed by atoms with van der Waals surface area (Å²) in [5, 5.41) is 0. The molecule has 0 aliphatic rings. The monoisotopic (exact) mass is 340 g/mol. The van der Waals surface area contributed by atoms with Crippen LogP contribution in [0.2, 0.25) is 0 Å². The van der Waals surface area contributed by atoms with E-state index in [4.69, 9.17) is 24.4 Å². The highest BCUT2D eigenvalue weighted by Gasteiger charge is 2.25. The van der Waals surface area contributed by atoms with Crippen LogP contribution in [0, 0.1) is 31.0 Å². The van der Waals surface area contributed by atoms with Gasteiger partial charge in [0.1, 0.15) is 5.69 Å². The Kier molecular flexibility index (Phi) is 6.20. The fraction of sp³-hybridized carbons (Fsp3) is 0.200. The predicted octanol–water partition coefficient (Wildman–Crippen LogP) is -2.59. The predicted molar refractivity (Wildman–Crippen MR) is 71.4 cm³/mol. The van der Waals surface area contributed by atoms with Gasteiger partial charge in [-0.25, -0.2) is 23.4 Å². The smallest absolute Gasteiger partial charge is 0.393 e. The molecule has 0 atom stereocenters. The number of carbonyl (C=O) groups excluding carboxylic acids is 1. The van der Waals surface area contributed by atoms with Gasteiger partial charge in [-0.1, -0.05) is 18.2 Å². The van der Waals surface area contributed by atoms with E-state index < -0.39 is 10.2 Å². The van der Waals surface area contributed by atoms with E-state index in [0.29, 0.717) is 11.3 Å². The van der Waals surface area contributed by atoms with E-state index >= 15 is 0 Å². The molecule has 0 aliphatic heterocycles. The van der Waals surface area contributed by atoms with Crippen LogP contribution < -0.4 is 28.9 Å². The highest BCUT2D eigenvalue weighted by molar-refractivity contribution is 5.87. The van der Waals surface area contributed by atoms with Crippen LogP contribution in [0.15, 0.2) is 36.4 Å². The second-order valence-electron chi connectivity index (χ2n) is 4.85. The lowest BCUT2D eigenvalue weighted by Gasteiger charge is -2.17. The van der Waals surface area contributed by atoms with Crippen molar-refractivity contribution < 1.29 is 38.2 Å². The number of nitrogens with two attached hydrogens (primary N) is 1. The Labute approximate surface area is 136 Å². The lowest BCUT2D eigenvalue weighted by Crippen LogP contribution is -2.68. The van der Waals surface area contributed by atoms with Gasteiger partial charge in [-0.05, 0) is 24.6 Å². The summed E-state index contributed by atoms with van der Waals surface area (Å²) in [6.45, 7) is 5.74. The summed E-state index contributed by atoms with van der Waals surface area (Å²) in [7, 11) is -4.94. The fourth-order valence-corrected chi connectivity index (χ4v) is 2.15. The molecule has 0 unspecified atom stereocenters. The van der Waals surface area contributed by atoms with E-state index in [1.54, 1.807) is 4.57 Å². The minimum atomic E-state index is -4.94. The molecule has 0 radical (unpaired) electrons. The zero-order chi connectivity index (χ0) is 17.8. The first kappa shape index (κ1) is 19.0. The van der Waals surface area contributed by atoms with Crippen molar-refractivity contribution in [1.29, 1.82) is 0 Å². The molecule has 0 amide bonds. The quantitative estimate of drug-likeness (QED) is 0.565. The van der Waals surface area contributed by atoms with E-state index in [0.717, 1.165) is 17.0 Å². The molecule has 124 valence electrons. The number of hydrogen-bond donors (Lipinski definition) is 1. The number of pyridine rings is 1. The molecule has 0 spiro atoms. The first-order chi connectivity index (χ1) is 10.5. The highest BCUT2D eigenvalue weighted by Crippen LogP contribution is 2.14. The SMILES string of the molecule is Cc1cc(C)[n+](C(=O)c2ccccc2)c(C)c1N.[O-][Cl+3]([O-])([O-])[O-]. The maximum atomic E-state index is 12.5. The summed E-state index contributed by atoms with van der Waals surface area (Å²) in [5.74, 6) is -0.0442. The molecular formula is C15H17ClN2O5. The fourth-order valence-electron chi connectivity index (χ4n) is 2.15. The van der Waals surface area contributed by atoms with Gasteiger partial charge >= 0.3 is 5.91 Å². The normalized spacial score (nSPS) is 10.7. The number of halogens is 1. The average Bonchev–Trinajstić information content (AvgIpc) is 2.44. The molecule has 0 aliphatic carbocycles. The number of carbonyl (C=O) groups is 1. The second-order valence-corrected chi connectivity index (χ2v) is 5.61. The van der Waals surface area contributed by atoms with Crippen molar-refractivity contribution in [3.8, 4) is 0 Å². The number of hydrogen-bond acceptors (Lipinski definition) is 6. The molecule has 8 heteroatoms. The molecule has 2 aromatic rings. The van der Waals surface area contributed by atoms with Gasteiger partial charge in [0.15, 0.2) is 5.69 Å². The number of nitrogens with zero attached hydrogens (tertiary/aromatic N) is 1. The van der Waals surface area contributed by atoms with Crippen LogP contribution in [-0.2, 0) is 0 Å². The minimum absolute atomic E-state index is 0.0442. The highest BCUT2D eigenvalue weighted by atomic mass is 35.7. The summed E-state index contributed by atoms with van der Waals surface area (Å²) < 4.78 is 35.6. The van der Waals surface area contributed by atoms with E-state index in [1.807, 2.05) is 57.2 Å². The summed E-state index contributed by atoms with van der Waals surface area (Å²) in [4.78, 5) is 12.5. The first-order valence-electron chi connectivity index (χ1n) is 6.52. The number of nitrogen functional groups attached to an aromatic ring is 1. The van der Waals surface area contributed by atoms with Crippen molar-refractivity contribution in [2.24, 2.45) is 0 Å². The minimum Gasteiger partial charge on any atom is -0.393 e. The molecule has 2 rings (SSSR count). The van der Waals surface area contributed by atoms with Crippen LogP contribution in [0.25, 0.3) is 0 Å². The third-order valence-electron chi connectivity index (χ3n) is 3.15. The summed E-state index contributed by atoms with van der Waals surface area (Å²) >= 11 is 0. The standard InChI is InChI=1S/C15H17N2O.ClHO4/c1-10-9-11(2)17(12(3)14(10)16)15(18)13-7-5-4-6-8-13;2-1(3,4)5/h4-9H,16H2,1-3H3;(H,2,3,4,5)/q+1;/p-1. The molecule has 0 saturated heterocycles. The van der Waals surface area contributed by atoms with Crippen LogP contribution in [-0.4, -0.2) is 5.91 Å². The van der Waals surface area contributed by atoms with Crippen LogP contribution in [0.4, 0.5) is 5.69 Å². The Bertz CT molecular complexity index is 693. The molecule has 7 nitrogen and oxygen atoms in total. The molecule has 2 N–H and O–H groups in total. The number of anilines is 1. The van der Waals surface area contributed by atoms with Crippen molar-refractivity contribution in [3.63, 3.8) is 0 Å². The molecule has 1 aromatic heterocycles. The zero-order valence-electron chi connectivity index (χ0n) is 12.9. The van der Waals surface area contributed by atoms with Crippen molar-refractivity contribution in [2.45, 2.75) is 20.8 Å². The van der Waals surface area contributed by atoms with Gasteiger partial charge in [0.2, 0.25) is 5.69 Å². The van der Waals surface area contributed by atoms with E-state index in [-0.39, 0.29) is 5.91 Å². The van der Waals surface area contributed by atoms with Gasteiger partial charge in [0.05, 0.1) is 5.56 Å². The van der Waals surface area contributed by atoms with Gasteiger partial charge < -0.3 is 5.73 Å². The Balaban J connectivity index is 0.000000463. The van der Waals surface area contributed by atoms with Crippen LogP contribution in [0.5, 0.6) is 0 Å². The third-order valence-corrected chi connectivity index (χ3v) is 3.15. The van der Waals surface area contributed by atoms with E-state index in [1.165, 1.54) is 0 Å².